The Labute approximate surface area is 127 Å². The predicted molar refractivity (Wildman–Crippen MR) is 84.8 cm³/mol. The maximum atomic E-state index is 5.33. The van der Waals surface area contributed by atoms with Crippen molar-refractivity contribution in [3.63, 3.8) is 0 Å². The molecular formula is C14H16ClN3OS. The van der Waals surface area contributed by atoms with E-state index in [4.69, 9.17) is 4.42 Å². The fraction of sp³-hybridized carbons (Fsp3) is 0.286. The summed E-state index contributed by atoms with van der Waals surface area (Å²) in [5.41, 5.74) is 0. The minimum Gasteiger partial charge on any atom is -0.467 e. The van der Waals surface area contributed by atoms with Gasteiger partial charge in [0.05, 0.1) is 18.2 Å². The molecule has 20 heavy (non-hydrogen) atoms. The number of halogens is 1. The topological polar surface area (TPSA) is 51.0 Å². The molecule has 0 fully saturated rings. The van der Waals surface area contributed by atoms with Crippen LogP contribution in [0.5, 0.6) is 0 Å². The molecule has 6 heteroatoms. The van der Waals surface area contributed by atoms with Crippen LogP contribution >= 0.6 is 23.7 Å². The number of aryl methyl sites for hydroxylation is 2. The van der Waals surface area contributed by atoms with Crippen LogP contribution in [-0.4, -0.2) is 9.97 Å². The van der Waals surface area contributed by atoms with Crippen molar-refractivity contribution in [2.45, 2.75) is 26.8 Å². The molecule has 0 unspecified atom stereocenters. The van der Waals surface area contributed by atoms with Gasteiger partial charge in [-0.25, -0.2) is 9.97 Å². The number of thiophene rings is 1. The molecule has 3 rings (SSSR count). The van der Waals surface area contributed by atoms with Crippen LogP contribution in [0.4, 0.5) is 5.82 Å². The summed E-state index contributed by atoms with van der Waals surface area (Å²) in [6, 6.07) is 5.97. The molecule has 3 aromatic heterocycles. The lowest BCUT2D eigenvalue weighted by Crippen LogP contribution is -2.03. The van der Waals surface area contributed by atoms with Crippen LogP contribution in [0.1, 0.15) is 23.4 Å². The number of aromatic nitrogens is 2. The number of anilines is 1. The molecular weight excluding hydrogens is 294 g/mol. The number of rotatable bonds is 4. The van der Waals surface area contributed by atoms with Crippen LogP contribution in [0.15, 0.2) is 28.9 Å². The Balaban J connectivity index is 0.00000147. The van der Waals surface area contributed by atoms with Gasteiger partial charge in [-0.1, -0.05) is 6.92 Å². The molecule has 0 aromatic carbocycles. The number of furan rings is 1. The summed E-state index contributed by atoms with van der Waals surface area (Å²) in [5.74, 6) is 2.66. The summed E-state index contributed by atoms with van der Waals surface area (Å²) in [4.78, 5) is 11.4. The molecule has 0 spiro atoms. The van der Waals surface area contributed by atoms with E-state index in [2.05, 4.69) is 35.2 Å². The lowest BCUT2D eigenvalue weighted by molar-refractivity contribution is 0.518. The first-order valence-corrected chi connectivity index (χ1v) is 7.11. The number of hydrogen-bond acceptors (Lipinski definition) is 5. The Morgan fingerprint density at radius 2 is 2.20 bits per heavy atom. The van der Waals surface area contributed by atoms with Crippen LogP contribution in [0, 0.1) is 6.92 Å². The second-order valence-electron chi connectivity index (χ2n) is 4.35. The molecule has 3 aromatic rings. The maximum absolute atomic E-state index is 5.33. The van der Waals surface area contributed by atoms with Gasteiger partial charge in [-0.3, -0.25) is 0 Å². The minimum atomic E-state index is 0. The molecule has 0 amide bonds. The Morgan fingerprint density at radius 3 is 2.90 bits per heavy atom. The average molecular weight is 310 g/mol. The van der Waals surface area contributed by atoms with Crippen molar-refractivity contribution in [1.29, 1.82) is 0 Å². The smallest absolute Gasteiger partial charge is 0.138 e. The Kier molecular flexibility index (Phi) is 4.62. The SMILES string of the molecule is CCc1nc(NCc2ccco2)c2cc(C)sc2n1.Cl. The van der Waals surface area contributed by atoms with Gasteiger partial charge in [0.2, 0.25) is 0 Å². The van der Waals surface area contributed by atoms with Gasteiger partial charge in [0, 0.05) is 11.3 Å². The Bertz CT molecular complexity index is 694. The van der Waals surface area contributed by atoms with Gasteiger partial charge in [-0.2, -0.15) is 0 Å². The molecule has 106 valence electrons. The van der Waals surface area contributed by atoms with Crippen molar-refractivity contribution in [2.75, 3.05) is 5.32 Å². The maximum Gasteiger partial charge on any atom is 0.138 e. The van der Waals surface area contributed by atoms with Crippen LogP contribution in [0.25, 0.3) is 10.2 Å². The highest BCUT2D eigenvalue weighted by molar-refractivity contribution is 7.18. The third-order valence-electron chi connectivity index (χ3n) is 2.89. The highest BCUT2D eigenvalue weighted by Gasteiger charge is 2.10. The zero-order valence-corrected chi connectivity index (χ0v) is 13.0. The van der Waals surface area contributed by atoms with E-state index in [9.17, 15) is 0 Å². The Morgan fingerprint density at radius 1 is 1.35 bits per heavy atom. The van der Waals surface area contributed by atoms with Crippen LogP contribution < -0.4 is 5.32 Å². The van der Waals surface area contributed by atoms with Gasteiger partial charge < -0.3 is 9.73 Å². The monoisotopic (exact) mass is 309 g/mol. The summed E-state index contributed by atoms with van der Waals surface area (Å²) in [6.45, 7) is 4.80. The summed E-state index contributed by atoms with van der Waals surface area (Å²) < 4.78 is 5.33. The zero-order chi connectivity index (χ0) is 13.2. The highest BCUT2D eigenvalue weighted by Crippen LogP contribution is 2.28. The molecule has 4 nitrogen and oxygen atoms in total. The van der Waals surface area contributed by atoms with E-state index in [1.807, 2.05) is 12.1 Å². The van der Waals surface area contributed by atoms with Gasteiger partial charge in [0.1, 0.15) is 22.2 Å². The van der Waals surface area contributed by atoms with Crippen molar-refractivity contribution in [3.8, 4) is 0 Å². The van der Waals surface area contributed by atoms with Crippen molar-refractivity contribution in [1.82, 2.24) is 9.97 Å². The first-order chi connectivity index (χ1) is 9.26. The molecule has 0 bridgehead atoms. The second kappa shape index (κ2) is 6.24. The molecule has 3 heterocycles. The van der Waals surface area contributed by atoms with Crippen LogP contribution in [-0.2, 0) is 13.0 Å². The first-order valence-electron chi connectivity index (χ1n) is 6.29. The summed E-state index contributed by atoms with van der Waals surface area (Å²) >= 11 is 1.70. The first kappa shape index (κ1) is 14.8. The lowest BCUT2D eigenvalue weighted by Gasteiger charge is -2.06. The van der Waals surface area contributed by atoms with E-state index in [1.54, 1.807) is 17.6 Å². The third kappa shape index (κ3) is 2.94. The van der Waals surface area contributed by atoms with Gasteiger partial charge in [-0.15, -0.1) is 23.7 Å². The minimum absolute atomic E-state index is 0. The fourth-order valence-corrected chi connectivity index (χ4v) is 2.86. The number of hydrogen-bond donors (Lipinski definition) is 1. The van der Waals surface area contributed by atoms with E-state index in [1.165, 1.54) is 4.88 Å². The van der Waals surface area contributed by atoms with E-state index in [-0.39, 0.29) is 12.4 Å². The standard InChI is InChI=1S/C14H15N3OS.ClH/c1-3-12-16-13(15-8-10-5-4-6-18-10)11-7-9(2)19-14(11)17-12;/h4-7H,3,8H2,1-2H3,(H,15,16,17);1H. The average Bonchev–Trinajstić information content (AvgIpc) is 3.03. The summed E-state index contributed by atoms with van der Waals surface area (Å²) in [6.07, 6.45) is 2.51. The molecule has 0 aliphatic carbocycles. The molecule has 0 radical (unpaired) electrons. The van der Waals surface area contributed by atoms with Crippen molar-refractivity contribution < 1.29 is 4.42 Å². The molecule has 0 saturated carbocycles. The third-order valence-corrected chi connectivity index (χ3v) is 3.83. The van der Waals surface area contributed by atoms with Gasteiger partial charge in [-0.05, 0) is 25.1 Å². The molecule has 0 atom stereocenters. The van der Waals surface area contributed by atoms with Crippen molar-refractivity contribution >= 4 is 39.8 Å². The molecule has 0 aliphatic rings. The van der Waals surface area contributed by atoms with Crippen molar-refractivity contribution in [3.05, 3.63) is 40.9 Å². The Hall–Kier alpha value is -1.59. The quantitative estimate of drug-likeness (QED) is 0.785. The lowest BCUT2D eigenvalue weighted by atomic mass is 10.3. The van der Waals surface area contributed by atoms with Crippen molar-refractivity contribution in [2.24, 2.45) is 0 Å². The summed E-state index contributed by atoms with van der Waals surface area (Å²) in [5, 5.41) is 4.43. The van der Waals surface area contributed by atoms with Gasteiger partial charge in [0.25, 0.3) is 0 Å². The number of fused-ring (bicyclic) bond motifs is 1. The summed E-state index contributed by atoms with van der Waals surface area (Å²) in [7, 11) is 0. The number of nitrogens with zero attached hydrogens (tertiary/aromatic N) is 2. The largest absolute Gasteiger partial charge is 0.467 e. The van der Waals surface area contributed by atoms with Gasteiger partial charge >= 0.3 is 0 Å². The molecule has 0 saturated heterocycles. The van der Waals surface area contributed by atoms with E-state index in [0.29, 0.717) is 6.54 Å². The number of nitrogens with one attached hydrogen (secondary N) is 1. The van der Waals surface area contributed by atoms with Crippen LogP contribution in [0.3, 0.4) is 0 Å². The predicted octanol–water partition coefficient (Wildman–Crippen LogP) is 4.19. The van der Waals surface area contributed by atoms with Crippen LogP contribution in [0.2, 0.25) is 0 Å². The molecule has 1 N–H and O–H groups in total. The van der Waals surface area contributed by atoms with E-state index < -0.39 is 0 Å². The molecule has 0 aliphatic heterocycles. The fourth-order valence-electron chi connectivity index (χ4n) is 1.96. The van der Waals surface area contributed by atoms with Gasteiger partial charge in [0.15, 0.2) is 0 Å². The highest BCUT2D eigenvalue weighted by atomic mass is 35.5. The second-order valence-corrected chi connectivity index (χ2v) is 5.59. The van der Waals surface area contributed by atoms with E-state index >= 15 is 0 Å². The zero-order valence-electron chi connectivity index (χ0n) is 11.3. The normalized spacial score (nSPS) is 10.5. The van der Waals surface area contributed by atoms with E-state index in [0.717, 1.165) is 34.0 Å².